The second-order valence-corrected chi connectivity index (χ2v) is 4.17. The summed E-state index contributed by atoms with van der Waals surface area (Å²) in [4.78, 5) is 16.0. The Bertz CT molecular complexity index is 286. The van der Waals surface area contributed by atoms with Crippen LogP contribution >= 0.6 is 15.9 Å². The number of carbonyl (C=O) groups excluding carboxylic acids is 1. The van der Waals surface area contributed by atoms with Crippen LogP contribution in [0.3, 0.4) is 0 Å². The van der Waals surface area contributed by atoms with Crippen LogP contribution < -0.4 is 0 Å². The van der Waals surface area contributed by atoms with Crippen molar-refractivity contribution in [3.63, 3.8) is 0 Å². The first kappa shape index (κ1) is 11.5. The minimum Gasteiger partial charge on any atom is -0.445 e. The van der Waals surface area contributed by atoms with Crippen LogP contribution in [0, 0.1) is 10.8 Å². The molecule has 1 aliphatic carbocycles. The smallest absolute Gasteiger partial charge is 0.324 e. The molecule has 1 saturated carbocycles. The van der Waals surface area contributed by atoms with Crippen molar-refractivity contribution in [2.45, 2.75) is 31.4 Å². The molecule has 3 nitrogen and oxygen atoms in total. The van der Waals surface area contributed by atoms with Crippen molar-refractivity contribution in [3.05, 3.63) is 0 Å². The molecular weight excluding hydrogens is 246 g/mol. The summed E-state index contributed by atoms with van der Waals surface area (Å²) in [6.45, 7) is 1.82. The lowest BCUT2D eigenvalue weighted by Gasteiger charge is -2.20. The van der Waals surface area contributed by atoms with E-state index in [-0.39, 0.29) is 12.0 Å². The fraction of sp³-hybridized carbons (Fsp3) is 0.700. The molecule has 0 aliphatic heterocycles. The molecule has 4 heteroatoms. The minimum atomic E-state index is -0.495. The van der Waals surface area contributed by atoms with E-state index in [4.69, 9.17) is 4.74 Å². The Morgan fingerprint density at radius 1 is 1.57 bits per heavy atom. The SMILES string of the molecule is CC(C(=O)OC1(C#CBr)CC1)N(C)C. The topological polar surface area (TPSA) is 29.5 Å². The number of rotatable bonds is 3. The zero-order valence-corrected chi connectivity index (χ0v) is 10.2. The highest BCUT2D eigenvalue weighted by Gasteiger charge is 2.46. The molecule has 1 fully saturated rings. The van der Waals surface area contributed by atoms with E-state index < -0.39 is 5.60 Å². The predicted octanol–water partition coefficient (Wildman–Crippen LogP) is 1.37. The van der Waals surface area contributed by atoms with Gasteiger partial charge in [-0.25, -0.2) is 0 Å². The summed E-state index contributed by atoms with van der Waals surface area (Å²) < 4.78 is 5.33. The summed E-state index contributed by atoms with van der Waals surface area (Å²) in [5, 5.41) is 0. The van der Waals surface area contributed by atoms with Crippen LogP contribution in [-0.4, -0.2) is 36.6 Å². The largest absolute Gasteiger partial charge is 0.445 e. The summed E-state index contributed by atoms with van der Waals surface area (Å²) in [5.41, 5.74) is -0.495. The number of nitrogens with zero attached hydrogens (tertiary/aromatic N) is 1. The molecule has 0 heterocycles. The molecule has 1 aliphatic rings. The number of halogens is 1. The standard InChI is InChI=1S/C10H14BrNO2/c1-8(12(2)3)9(13)14-10(4-5-10)6-7-11/h8H,4-5H2,1-3H3. The van der Waals surface area contributed by atoms with Crippen molar-refractivity contribution in [2.24, 2.45) is 0 Å². The molecule has 0 spiro atoms. The lowest BCUT2D eigenvalue weighted by molar-refractivity contribution is -0.152. The van der Waals surface area contributed by atoms with E-state index in [2.05, 4.69) is 26.7 Å². The summed E-state index contributed by atoms with van der Waals surface area (Å²) >= 11 is 3.02. The van der Waals surface area contributed by atoms with Gasteiger partial charge in [-0.2, -0.15) is 0 Å². The minimum absolute atomic E-state index is 0.206. The van der Waals surface area contributed by atoms with Gasteiger partial charge in [-0.15, -0.1) is 0 Å². The lowest BCUT2D eigenvalue weighted by Crippen LogP contribution is -2.36. The summed E-state index contributed by atoms with van der Waals surface area (Å²) in [5.74, 6) is 2.66. The Labute approximate surface area is 92.9 Å². The summed E-state index contributed by atoms with van der Waals surface area (Å²) in [6.07, 6.45) is 1.69. The molecule has 78 valence electrons. The highest BCUT2D eigenvalue weighted by atomic mass is 79.9. The Balaban J connectivity index is 2.51. The normalized spacial score (nSPS) is 19.5. The highest BCUT2D eigenvalue weighted by molar-refractivity contribution is 9.12. The van der Waals surface area contributed by atoms with Crippen LogP contribution in [0.4, 0.5) is 0 Å². The van der Waals surface area contributed by atoms with Crippen LogP contribution in [0.2, 0.25) is 0 Å². The van der Waals surface area contributed by atoms with Gasteiger partial charge in [-0.1, -0.05) is 0 Å². The van der Waals surface area contributed by atoms with Gasteiger partial charge in [0.15, 0.2) is 5.60 Å². The predicted molar refractivity (Wildman–Crippen MR) is 57.9 cm³/mol. The van der Waals surface area contributed by atoms with Crippen LogP contribution in [-0.2, 0) is 9.53 Å². The third-order valence-electron chi connectivity index (χ3n) is 2.39. The maximum atomic E-state index is 11.6. The monoisotopic (exact) mass is 259 g/mol. The van der Waals surface area contributed by atoms with Crippen molar-refractivity contribution >= 4 is 21.9 Å². The van der Waals surface area contributed by atoms with Crippen molar-refractivity contribution < 1.29 is 9.53 Å². The first-order valence-electron chi connectivity index (χ1n) is 4.53. The Morgan fingerprint density at radius 3 is 2.50 bits per heavy atom. The van der Waals surface area contributed by atoms with E-state index in [0.29, 0.717) is 0 Å². The number of esters is 1. The van der Waals surface area contributed by atoms with Crippen molar-refractivity contribution in [3.8, 4) is 10.8 Å². The molecule has 1 rings (SSSR count). The number of ether oxygens (including phenoxy) is 1. The van der Waals surface area contributed by atoms with E-state index in [0.717, 1.165) is 12.8 Å². The molecule has 0 N–H and O–H groups in total. The van der Waals surface area contributed by atoms with E-state index in [1.807, 2.05) is 25.9 Å². The van der Waals surface area contributed by atoms with Gasteiger partial charge in [0, 0.05) is 28.8 Å². The average Bonchev–Trinajstić information content (AvgIpc) is 2.84. The van der Waals surface area contributed by atoms with Gasteiger partial charge in [0.05, 0.1) is 0 Å². The first-order valence-corrected chi connectivity index (χ1v) is 5.32. The summed E-state index contributed by atoms with van der Waals surface area (Å²) in [6, 6.07) is -0.218. The van der Waals surface area contributed by atoms with Crippen LogP contribution in [0.1, 0.15) is 19.8 Å². The molecule has 0 aromatic rings. The van der Waals surface area contributed by atoms with Crippen LogP contribution in [0.5, 0.6) is 0 Å². The molecule has 1 atom stereocenters. The molecule has 14 heavy (non-hydrogen) atoms. The molecule has 0 bridgehead atoms. The van der Waals surface area contributed by atoms with Gasteiger partial charge in [-0.05, 0) is 31.8 Å². The Hall–Kier alpha value is -0.530. The van der Waals surface area contributed by atoms with Crippen molar-refractivity contribution in [1.82, 2.24) is 4.90 Å². The third-order valence-corrected chi connectivity index (χ3v) is 2.59. The number of hydrogen-bond donors (Lipinski definition) is 0. The highest BCUT2D eigenvalue weighted by Crippen LogP contribution is 2.39. The van der Waals surface area contributed by atoms with Crippen molar-refractivity contribution in [1.29, 1.82) is 0 Å². The number of hydrogen-bond acceptors (Lipinski definition) is 3. The van der Waals surface area contributed by atoms with E-state index >= 15 is 0 Å². The fourth-order valence-electron chi connectivity index (χ4n) is 0.941. The molecule has 1 unspecified atom stereocenters. The van der Waals surface area contributed by atoms with E-state index in [9.17, 15) is 4.79 Å². The summed E-state index contributed by atoms with van der Waals surface area (Å²) in [7, 11) is 3.70. The van der Waals surface area contributed by atoms with Gasteiger partial charge >= 0.3 is 5.97 Å². The number of likely N-dealkylation sites (N-methyl/N-ethyl adjacent to an activating group) is 1. The Morgan fingerprint density at radius 2 is 2.14 bits per heavy atom. The van der Waals surface area contributed by atoms with Gasteiger partial charge in [0.25, 0.3) is 0 Å². The maximum Gasteiger partial charge on any atom is 0.324 e. The van der Waals surface area contributed by atoms with Crippen molar-refractivity contribution in [2.75, 3.05) is 14.1 Å². The second-order valence-electron chi connectivity index (χ2n) is 3.77. The third kappa shape index (κ3) is 2.73. The molecule has 0 saturated heterocycles. The zero-order chi connectivity index (χ0) is 10.8. The van der Waals surface area contributed by atoms with Crippen LogP contribution in [0.25, 0.3) is 0 Å². The second kappa shape index (κ2) is 4.33. The molecular formula is C10H14BrNO2. The lowest BCUT2D eigenvalue weighted by atomic mass is 10.3. The quantitative estimate of drug-likeness (QED) is 0.567. The zero-order valence-electron chi connectivity index (χ0n) is 8.63. The van der Waals surface area contributed by atoms with Gasteiger partial charge in [0.2, 0.25) is 0 Å². The van der Waals surface area contributed by atoms with Crippen LogP contribution in [0.15, 0.2) is 0 Å². The number of carbonyl (C=O) groups is 1. The van der Waals surface area contributed by atoms with Gasteiger partial charge in [0.1, 0.15) is 6.04 Å². The van der Waals surface area contributed by atoms with Gasteiger partial charge in [-0.3, -0.25) is 9.69 Å². The van der Waals surface area contributed by atoms with E-state index in [1.165, 1.54) is 0 Å². The fourth-order valence-corrected chi connectivity index (χ4v) is 1.30. The molecule has 0 aromatic heterocycles. The maximum absolute atomic E-state index is 11.6. The molecule has 0 aromatic carbocycles. The van der Waals surface area contributed by atoms with Gasteiger partial charge < -0.3 is 4.74 Å². The molecule has 0 radical (unpaired) electrons. The average molecular weight is 260 g/mol. The first-order chi connectivity index (χ1) is 6.51. The molecule has 0 amide bonds. The van der Waals surface area contributed by atoms with E-state index in [1.54, 1.807) is 0 Å². The Kier molecular flexibility index (Phi) is 3.57.